The number of hydrogen-bond acceptors (Lipinski definition) is 3. The Balaban J connectivity index is 2.36. The van der Waals surface area contributed by atoms with Crippen molar-refractivity contribution in [1.82, 2.24) is 10.2 Å². The van der Waals surface area contributed by atoms with E-state index < -0.39 is 24.2 Å². The van der Waals surface area contributed by atoms with E-state index in [-0.39, 0.29) is 0 Å². The zero-order valence-electron chi connectivity index (χ0n) is 9.61. The van der Waals surface area contributed by atoms with E-state index in [1.807, 2.05) is 0 Å². The number of benzene rings is 1. The second kappa shape index (κ2) is 4.25. The molecule has 0 aliphatic carbocycles. The van der Waals surface area contributed by atoms with Crippen LogP contribution in [0.4, 0.5) is 4.39 Å². The van der Waals surface area contributed by atoms with Gasteiger partial charge in [0, 0.05) is 0 Å². The van der Waals surface area contributed by atoms with Crippen LogP contribution in [0.2, 0.25) is 0 Å². The minimum atomic E-state index is -1.43. The summed E-state index contributed by atoms with van der Waals surface area (Å²) < 4.78 is 13.5. The molecule has 0 spiro atoms. The lowest BCUT2D eigenvalue weighted by atomic mass is 10.1. The van der Waals surface area contributed by atoms with Crippen LogP contribution >= 0.6 is 0 Å². The van der Waals surface area contributed by atoms with Gasteiger partial charge in [-0.3, -0.25) is 19.8 Å². The SMILES string of the molecule is CN[C@H](F)C(C)N1C(=O)c2ccccc2C1=O. The van der Waals surface area contributed by atoms with Crippen molar-refractivity contribution in [1.29, 1.82) is 0 Å². The highest BCUT2D eigenvalue weighted by atomic mass is 19.1. The second-order valence-corrected chi connectivity index (χ2v) is 3.96. The zero-order chi connectivity index (χ0) is 12.6. The van der Waals surface area contributed by atoms with Crippen LogP contribution in [0, 0.1) is 0 Å². The molecule has 5 heteroatoms. The van der Waals surface area contributed by atoms with Crippen molar-refractivity contribution in [3.63, 3.8) is 0 Å². The van der Waals surface area contributed by atoms with E-state index in [1.54, 1.807) is 24.3 Å². The van der Waals surface area contributed by atoms with Crippen LogP contribution < -0.4 is 5.32 Å². The highest BCUT2D eigenvalue weighted by Gasteiger charge is 2.40. The van der Waals surface area contributed by atoms with Gasteiger partial charge in [0.05, 0.1) is 17.2 Å². The summed E-state index contributed by atoms with van der Waals surface area (Å²) >= 11 is 0. The van der Waals surface area contributed by atoms with E-state index in [9.17, 15) is 14.0 Å². The molecular formula is C12H13FN2O2. The summed E-state index contributed by atoms with van der Waals surface area (Å²) in [7, 11) is 1.44. The van der Waals surface area contributed by atoms with Crippen molar-refractivity contribution in [2.24, 2.45) is 0 Å². The van der Waals surface area contributed by atoms with E-state index in [2.05, 4.69) is 5.32 Å². The number of nitrogens with one attached hydrogen (secondary N) is 1. The number of halogens is 1. The maximum Gasteiger partial charge on any atom is 0.261 e. The first-order chi connectivity index (χ1) is 8.07. The Bertz CT molecular complexity index is 440. The number of amides is 2. The Kier molecular flexibility index (Phi) is 2.93. The Morgan fingerprint density at radius 2 is 1.65 bits per heavy atom. The van der Waals surface area contributed by atoms with Gasteiger partial charge in [-0.05, 0) is 26.1 Å². The third kappa shape index (κ3) is 1.72. The molecule has 0 radical (unpaired) electrons. The summed E-state index contributed by atoms with van der Waals surface area (Å²) in [6.07, 6.45) is -1.43. The molecule has 2 amide bonds. The van der Waals surface area contributed by atoms with Crippen LogP contribution in [0.15, 0.2) is 24.3 Å². The Morgan fingerprint density at radius 3 is 2.06 bits per heavy atom. The molecular weight excluding hydrogens is 223 g/mol. The van der Waals surface area contributed by atoms with Crippen LogP contribution in [0.5, 0.6) is 0 Å². The quantitative estimate of drug-likeness (QED) is 0.633. The fourth-order valence-electron chi connectivity index (χ4n) is 1.95. The predicted molar refractivity (Wildman–Crippen MR) is 60.4 cm³/mol. The highest BCUT2D eigenvalue weighted by Crippen LogP contribution is 2.25. The zero-order valence-corrected chi connectivity index (χ0v) is 9.61. The number of likely N-dealkylation sites (N-methyl/N-ethyl adjacent to an activating group) is 1. The van der Waals surface area contributed by atoms with Crippen LogP contribution in [-0.2, 0) is 0 Å². The van der Waals surface area contributed by atoms with Gasteiger partial charge in [0.2, 0.25) is 0 Å². The normalized spacial score (nSPS) is 18.2. The molecule has 1 aliphatic rings. The van der Waals surface area contributed by atoms with E-state index in [1.165, 1.54) is 14.0 Å². The van der Waals surface area contributed by atoms with Crippen molar-refractivity contribution in [2.75, 3.05) is 7.05 Å². The number of rotatable bonds is 3. The molecule has 1 aromatic carbocycles. The Labute approximate surface area is 98.4 Å². The lowest BCUT2D eigenvalue weighted by Crippen LogP contribution is -2.47. The molecule has 4 nitrogen and oxygen atoms in total. The van der Waals surface area contributed by atoms with E-state index in [0.717, 1.165) is 4.90 Å². The third-order valence-corrected chi connectivity index (χ3v) is 2.93. The standard InChI is InChI=1S/C12H13FN2O2/c1-7(10(13)14-2)15-11(16)8-5-3-4-6-9(8)12(15)17/h3-7,10,14H,1-2H3/t7?,10-/m0/s1. The molecule has 17 heavy (non-hydrogen) atoms. The summed E-state index contributed by atoms with van der Waals surface area (Å²) in [6, 6.07) is 5.70. The van der Waals surface area contributed by atoms with Crippen LogP contribution in [0.3, 0.4) is 0 Å². The largest absolute Gasteiger partial charge is 0.289 e. The lowest BCUT2D eigenvalue weighted by molar-refractivity contribution is 0.0487. The number of nitrogens with zero attached hydrogens (tertiary/aromatic N) is 1. The van der Waals surface area contributed by atoms with Gasteiger partial charge < -0.3 is 0 Å². The predicted octanol–water partition coefficient (Wildman–Crippen LogP) is 1.19. The number of carbonyl (C=O) groups is 2. The summed E-state index contributed by atoms with van der Waals surface area (Å²) in [5.74, 6) is -0.869. The first-order valence-corrected chi connectivity index (χ1v) is 5.36. The molecule has 0 bridgehead atoms. The minimum Gasteiger partial charge on any atom is -0.289 e. The second-order valence-electron chi connectivity index (χ2n) is 3.96. The first kappa shape index (κ1) is 11.7. The first-order valence-electron chi connectivity index (χ1n) is 5.36. The highest BCUT2D eigenvalue weighted by molar-refractivity contribution is 6.21. The van der Waals surface area contributed by atoms with Gasteiger partial charge in [-0.25, -0.2) is 4.39 Å². The number of carbonyl (C=O) groups excluding carboxylic acids is 2. The number of imide groups is 1. The maximum atomic E-state index is 13.5. The van der Waals surface area contributed by atoms with Crippen LogP contribution in [-0.4, -0.2) is 36.1 Å². The molecule has 1 heterocycles. The Hall–Kier alpha value is -1.75. The van der Waals surface area contributed by atoms with E-state index >= 15 is 0 Å². The summed E-state index contributed by atoms with van der Waals surface area (Å²) in [4.78, 5) is 24.9. The smallest absolute Gasteiger partial charge is 0.261 e. The lowest BCUT2D eigenvalue weighted by Gasteiger charge is -2.25. The molecule has 0 saturated carbocycles. The van der Waals surface area contributed by atoms with Crippen molar-refractivity contribution in [3.8, 4) is 0 Å². The monoisotopic (exact) mass is 236 g/mol. The van der Waals surface area contributed by atoms with Crippen molar-refractivity contribution < 1.29 is 14.0 Å². The molecule has 0 fully saturated rings. The third-order valence-electron chi connectivity index (χ3n) is 2.93. The average molecular weight is 236 g/mol. The fourth-order valence-corrected chi connectivity index (χ4v) is 1.95. The number of hydrogen-bond donors (Lipinski definition) is 1. The molecule has 2 atom stereocenters. The van der Waals surface area contributed by atoms with Gasteiger partial charge in [0.1, 0.15) is 0 Å². The topological polar surface area (TPSA) is 49.4 Å². The van der Waals surface area contributed by atoms with E-state index in [4.69, 9.17) is 0 Å². The molecule has 0 aromatic heterocycles. The van der Waals surface area contributed by atoms with Crippen LogP contribution in [0.25, 0.3) is 0 Å². The van der Waals surface area contributed by atoms with Crippen molar-refractivity contribution in [3.05, 3.63) is 35.4 Å². The van der Waals surface area contributed by atoms with Gasteiger partial charge in [0.15, 0.2) is 6.30 Å². The summed E-state index contributed by atoms with van der Waals surface area (Å²) in [5, 5.41) is 2.40. The van der Waals surface area contributed by atoms with Crippen molar-refractivity contribution >= 4 is 11.8 Å². The summed E-state index contributed by atoms with van der Waals surface area (Å²) in [5.41, 5.74) is 0.681. The molecule has 2 rings (SSSR count). The van der Waals surface area contributed by atoms with Crippen LogP contribution in [0.1, 0.15) is 27.6 Å². The molecule has 90 valence electrons. The van der Waals surface area contributed by atoms with Gasteiger partial charge in [-0.2, -0.15) is 0 Å². The summed E-state index contributed by atoms with van der Waals surface area (Å²) in [6.45, 7) is 1.50. The fraction of sp³-hybridized carbons (Fsp3) is 0.333. The molecule has 0 saturated heterocycles. The number of fused-ring (bicyclic) bond motifs is 1. The maximum absolute atomic E-state index is 13.5. The molecule has 1 aliphatic heterocycles. The van der Waals surface area contributed by atoms with Gasteiger partial charge >= 0.3 is 0 Å². The minimum absolute atomic E-state index is 0.340. The number of alkyl halides is 1. The van der Waals surface area contributed by atoms with Crippen molar-refractivity contribution in [2.45, 2.75) is 19.3 Å². The Morgan fingerprint density at radius 1 is 1.18 bits per heavy atom. The van der Waals surface area contributed by atoms with Gasteiger partial charge in [-0.1, -0.05) is 12.1 Å². The average Bonchev–Trinajstić information content (AvgIpc) is 2.61. The van der Waals surface area contributed by atoms with Gasteiger partial charge in [-0.15, -0.1) is 0 Å². The molecule has 1 unspecified atom stereocenters. The molecule has 1 aromatic rings. The molecule has 1 N–H and O–H groups in total. The van der Waals surface area contributed by atoms with E-state index in [0.29, 0.717) is 11.1 Å². The van der Waals surface area contributed by atoms with Gasteiger partial charge in [0.25, 0.3) is 11.8 Å².